The number of aromatic nitrogens is 3. The van der Waals surface area contributed by atoms with E-state index in [1.165, 1.54) is 66.4 Å². The van der Waals surface area contributed by atoms with Gasteiger partial charge in [-0.3, -0.25) is 9.97 Å². The maximum atomic E-state index is 4.92. The van der Waals surface area contributed by atoms with Crippen LogP contribution in [0.15, 0.2) is 85.2 Å². The van der Waals surface area contributed by atoms with Crippen molar-refractivity contribution in [2.75, 3.05) is 0 Å². The second-order valence-electron chi connectivity index (χ2n) is 11.2. The van der Waals surface area contributed by atoms with E-state index >= 15 is 0 Å². The molecule has 1 spiro atoms. The topological polar surface area (TPSA) is 30.7 Å². The van der Waals surface area contributed by atoms with Gasteiger partial charge in [-0.25, -0.2) is 0 Å². The van der Waals surface area contributed by atoms with Gasteiger partial charge >= 0.3 is 0 Å². The lowest BCUT2D eigenvalue weighted by atomic mass is 9.65. The highest BCUT2D eigenvalue weighted by atomic mass is 15.0. The van der Waals surface area contributed by atoms with Crippen molar-refractivity contribution in [1.82, 2.24) is 14.5 Å². The smallest absolute Gasteiger partial charge is 0.0937 e. The Kier molecular flexibility index (Phi) is 4.26. The Bertz CT molecular complexity index is 1910. The van der Waals surface area contributed by atoms with Gasteiger partial charge in [0.05, 0.1) is 33.5 Å². The van der Waals surface area contributed by atoms with Crippen LogP contribution in [0.25, 0.3) is 38.9 Å². The Hall–Kier alpha value is -4.24. The fraction of sp³-hybridized carbons (Fsp3) is 0.200. The summed E-state index contributed by atoms with van der Waals surface area (Å²) < 4.78 is 2.52. The minimum Gasteiger partial charge on any atom is -0.309 e. The van der Waals surface area contributed by atoms with Gasteiger partial charge in [0.2, 0.25) is 0 Å². The lowest BCUT2D eigenvalue weighted by molar-refractivity contribution is 0.712. The van der Waals surface area contributed by atoms with Crippen LogP contribution in [0, 0.1) is 13.8 Å². The van der Waals surface area contributed by atoms with Gasteiger partial charge in [0, 0.05) is 23.2 Å². The number of rotatable bonds is 2. The average Bonchev–Trinajstić information content (AvgIpc) is 3.42. The first-order valence-electron chi connectivity index (χ1n) is 13.7. The maximum absolute atomic E-state index is 4.92. The largest absolute Gasteiger partial charge is 0.309 e. The normalized spacial score (nSPS) is 15.1. The third kappa shape index (κ3) is 2.49. The second-order valence-corrected chi connectivity index (χ2v) is 11.2. The van der Waals surface area contributed by atoms with Crippen molar-refractivity contribution in [3.8, 4) is 17.1 Å². The van der Waals surface area contributed by atoms with Gasteiger partial charge in [-0.05, 0) is 90.4 Å². The summed E-state index contributed by atoms with van der Waals surface area (Å²) >= 11 is 0. The molecule has 4 heterocycles. The quantitative estimate of drug-likeness (QED) is 0.243. The molecule has 0 radical (unpaired) electrons. The van der Waals surface area contributed by atoms with Crippen molar-refractivity contribution >= 4 is 21.8 Å². The molecule has 0 saturated carbocycles. The van der Waals surface area contributed by atoms with E-state index in [-0.39, 0.29) is 0 Å². The monoisotopic (exact) mass is 491 g/mol. The molecular formula is C35H29N3. The van der Waals surface area contributed by atoms with Crippen molar-refractivity contribution in [2.24, 2.45) is 0 Å². The molecule has 184 valence electrons. The molecule has 1 atom stereocenters. The zero-order chi connectivity index (χ0) is 25.8. The molecule has 0 amide bonds. The summed E-state index contributed by atoms with van der Waals surface area (Å²) in [5.41, 5.74) is 14.4. The lowest BCUT2D eigenvalue weighted by Gasteiger charge is -2.40. The Morgan fingerprint density at radius 3 is 2.16 bits per heavy atom. The van der Waals surface area contributed by atoms with E-state index in [4.69, 9.17) is 9.97 Å². The van der Waals surface area contributed by atoms with E-state index in [9.17, 15) is 0 Å². The van der Waals surface area contributed by atoms with E-state index in [1.807, 2.05) is 12.4 Å². The van der Waals surface area contributed by atoms with Crippen LogP contribution in [-0.4, -0.2) is 14.5 Å². The Morgan fingerprint density at radius 2 is 1.45 bits per heavy atom. The van der Waals surface area contributed by atoms with Crippen LogP contribution in [0.5, 0.6) is 0 Å². The predicted octanol–water partition coefficient (Wildman–Crippen LogP) is 8.38. The molecule has 3 aromatic heterocycles. The molecule has 3 heteroatoms. The molecule has 6 aromatic rings. The summed E-state index contributed by atoms with van der Waals surface area (Å²) in [7, 11) is 0. The number of benzene rings is 3. The fourth-order valence-corrected chi connectivity index (χ4v) is 7.20. The molecule has 1 unspecified atom stereocenters. The van der Waals surface area contributed by atoms with E-state index in [0.29, 0.717) is 5.92 Å². The Labute approximate surface area is 222 Å². The van der Waals surface area contributed by atoms with Gasteiger partial charge in [0.1, 0.15) is 0 Å². The van der Waals surface area contributed by atoms with Gasteiger partial charge in [-0.15, -0.1) is 0 Å². The van der Waals surface area contributed by atoms with Crippen LogP contribution in [0.2, 0.25) is 0 Å². The summed E-state index contributed by atoms with van der Waals surface area (Å²) in [6.45, 7) is 9.03. The van der Waals surface area contributed by atoms with E-state index in [1.54, 1.807) is 0 Å². The average molecular weight is 492 g/mol. The summed E-state index contributed by atoms with van der Waals surface area (Å²) in [4.78, 5) is 9.85. The van der Waals surface area contributed by atoms with Gasteiger partial charge in [0.15, 0.2) is 0 Å². The molecule has 1 aliphatic heterocycles. The summed E-state index contributed by atoms with van der Waals surface area (Å²) in [5, 5.41) is 2.63. The number of aryl methyl sites for hydroxylation is 2. The fourth-order valence-electron chi connectivity index (χ4n) is 7.20. The number of nitrogens with zero attached hydrogens (tertiary/aromatic N) is 3. The SMILES string of the molecule is CCC(C)c1ccc2c(c1)C1(c3cccnc3-c3ncccc31)c1cc(C)cc3c4cc(C)ccc4n-2c13. The van der Waals surface area contributed by atoms with Crippen LogP contribution >= 0.6 is 0 Å². The second kappa shape index (κ2) is 7.41. The lowest BCUT2D eigenvalue weighted by Crippen LogP contribution is -2.34. The molecule has 3 aromatic carbocycles. The standard InChI is InChI=1S/C35H29N3/c1-5-22(4)23-11-13-31-28(19-23)35(26-8-6-14-36-32(26)33-27(35)9-7-15-37-33)29-18-21(3)17-25-24-16-20(2)10-12-30(24)38(31)34(25)29/h6-19,22H,5H2,1-4H3. The van der Waals surface area contributed by atoms with Gasteiger partial charge in [-0.2, -0.15) is 0 Å². The summed E-state index contributed by atoms with van der Waals surface area (Å²) in [5.74, 6) is 0.475. The highest BCUT2D eigenvalue weighted by molar-refractivity contribution is 6.13. The molecule has 2 aliphatic rings. The summed E-state index contributed by atoms with van der Waals surface area (Å²) in [6, 6.07) is 27.6. The molecule has 8 rings (SSSR count). The number of fused-ring (bicyclic) bond motifs is 12. The number of hydrogen-bond donors (Lipinski definition) is 0. The van der Waals surface area contributed by atoms with Gasteiger partial charge < -0.3 is 4.57 Å². The number of hydrogen-bond acceptors (Lipinski definition) is 2. The van der Waals surface area contributed by atoms with Gasteiger partial charge in [0.25, 0.3) is 0 Å². The summed E-state index contributed by atoms with van der Waals surface area (Å²) in [6.07, 6.45) is 4.91. The van der Waals surface area contributed by atoms with Crippen LogP contribution in [0.4, 0.5) is 0 Å². The molecular weight excluding hydrogens is 462 g/mol. The third-order valence-corrected chi connectivity index (χ3v) is 9.06. The van der Waals surface area contributed by atoms with E-state index in [2.05, 4.69) is 105 Å². The molecule has 38 heavy (non-hydrogen) atoms. The minimum atomic E-state index is -0.477. The van der Waals surface area contributed by atoms with E-state index < -0.39 is 5.41 Å². The Morgan fingerprint density at radius 1 is 0.737 bits per heavy atom. The molecule has 1 aliphatic carbocycles. The first-order valence-corrected chi connectivity index (χ1v) is 13.7. The molecule has 0 saturated heterocycles. The molecule has 3 nitrogen and oxygen atoms in total. The highest BCUT2D eigenvalue weighted by Crippen LogP contribution is 2.60. The first kappa shape index (κ1) is 21.8. The third-order valence-electron chi connectivity index (χ3n) is 9.06. The molecule has 0 bridgehead atoms. The van der Waals surface area contributed by atoms with Crippen LogP contribution in [0.1, 0.15) is 65.1 Å². The predicted molar refractivity (Wildman–Crippen MR) is 155 cm³/mol. The maximum Gasteiger partial charge on any atom is 0.0937 e. The molecule has 0 N–H and O–H groups in total. The highest BCUT2D eigenvalue weighted by Gasteiger charge is 2.52. The molecule has 0 fully saturated rings. The first-order chi connectivity index (χ1) is 18.5. The van der Waals surface area contributed by atoms with Gasteiger partial charge in [-0.1, -0.05) is 61.4 Å². The zero-order valence-electron chi connectivity index (χ0n) is 22.2. The zero-order valence-corrected chi connectivity index (χ0v) is 22.2. The van der Waals surface area contributed by atoms with Crippen molar-refractivity contribution in [3.05, 3.63) is 124 Å². The number of pyridine rings is 2. The van der Waals surface area contributed by atoms with Crippen molar-refractivity contribution in [3.63, 3.8) is 0 Å². The van der Waals surface area contributed by atoms with Crippen molar-refractivity contribution in [2.45, 2.75) is 45.4 Å². The van der Waals surface area contributed by atoms with Crippen molar-refractivity contribution < 1.29 is 0 Å². The van der Waals surface area contributed by atoms with Crippen molar-refractivity contribution in [1.29, 1.82) is 0 Å². The Balaban J connectivity index is 1.67. The van der Waals surface area contributed by atoms with Crippen LogP contribution in [0.3, 0.4) is 0 Å². The van der Waals surface area contributed by atoms with Crippen LogP contribution < -0.4 is 0 Å². The van der Waals surface area contributed by atoms with Crippen LogP contribution in [-0.2, 0) is 5.41 Å². The van der Waals surface area contributed by atoms with E-state index in [0.717, 1.165) is 17.8 Å². The minimum absolute atomic E-state index is 0.475.